The highest BCUT2D eigenvalue weighted by Gasteiger charge is 2.05. The average molecular weight is 472 g/mol. The lowest BCUT2D eigenvalue weighted by atomic mass is 9.97. The second kappa shape index (κ2) is 8.96. The Hall–Kier alpha value is -4.88. The minimum atomic E-state index is 1.08. The molecule has 0 bridgehead atoms. The van der Waals surface area contributed by atoms with E-state index in [0.717, 1.165) is 11.4 Å². The summed E-state index contributed by atoms with van der Waals surface area (Å²) < 4.78 is 0. The first kappa shape index (κ1) is 21.4. The van der Waals surface area contributed by atoms with Crippen LogP contribution >= 0.6 is 0 Å². The van der Waals surface area contributed by atoms with E-state index >= 15 is 0 Å². The fraction of sp³-hybridized carbons (Fsp3) is 0. The summed E-state index contributed by atoms with van der Waals surface area (Å²) in [4.78, 5) is 0. The van der Waals surface area contributed by atoms with Crippen molar-refractivity contribution in [2.75, 3.05) is 5.32 Å². The van der Waals surface area contributed by atoms with Crippen molar-refractivity contribution in [3.05, 3.63) is 146 Å². The molecule has 0 fully saturated rings. The third kappa shape index (κ3) is 4.11. The fourth-order valence-corrected chi connectivity index (χ4v) is 5.25. The highest BCUT2D eigenvalue weighted by molar-refractivity contribution is 6.08. The Balaban J connectivity index is 1.14. The highest BCUT2D eigenvalue weighted by Crippen LogP contribution is 2.31. The van der Waals surface area contributed by atoms with Gasteiger partial charge < -0.3 is 5.32 Å². The van der Waals surface area contributed by atoms with Crippen LogP contribution in [0.1, 0.15) is 0 Å². The van der Waals surface area contributed by atoms with Gasteiger partial charge in [-0.25, -0.2) is 0 Å². The first-order valence-corrected chi connectivity index (χ1v) is 12.7. The summed E-state index contributed by atoms with van der Waals surface area (Å²) in [6.45, 7) is 0. The smallest absolute Gasteiger partial charge is 0.0390 e. The summed E-state index contributed by atoms with van der Waals surface area (Å²) in [5.74, 6) is 0. The maximum atomic E-state index is 3.58. The third-order valence-corrected chi connectivity index (χ3v) is 7.20. The molecule has 7 rings (SSSR count). The quantitative estimate of drug-likeness (QED) is 0.252. The summed E-state index contributed by atoms with van der Waals surface area (Å²) in [7, 11) is 0. The van der Waals surface area contributed by atoms with Crippen molar-refractivity contribution >= 4 is 43.7 Å². The molecular weight excluding hydrogens is 446 g/mol. The van der Waals surface area contributed by atoms with Gasteiger partial charge in [0.05, 0.1) is 0 Å². The minimum Gasteiger partial charge on any atom is -0.356 e. The molecule has 1 nitrogen and oxygen atoms in total. The molecule has 0 spiro atoms. The number of hydrogen-bond acceptors (Lipinski definition) is 1. The number of nitrogens with one attached hydrogen (secondary N) is 1. The molecule has 0 atom stereocenters. The molecule has 7 aromatic rings. The van der Waals surface area contributed by atoms with E-state index in [1.165, 1.54) is 54.6 Å². The zero-order valence-corrected chi connectivity index (χ0v) is 20.4. The van der Waals surface area contributed by atoms with E-state index in [4.69, 9.17) is 0 Å². The maximum Gasteiger partial charge on any atom is 0.0390 e. The number of benzene rings is 7. The molecule has 7 aromatic carbocycles. The first-order chi connectivity index (χ1) is 18.3. The van der Waals surface area contributed by atoms with Gasteiger partial charge in [0.2, 0.25) is 0 Å². The second-order valence-corrected chi connectivity index (χ2v) is 9.57. The molecule has 0 aliphatic heterocycles. The Labute approximate surface area is 216 Å². The highest BCUT2D eigenvalue weighted by atomic mass is 14.9. The number of fused-ring (bicyclic) bond motifs is 4. The van der Waals surface area contributed by atoms with Crippen molar-refractivity contribution < 1.29 is 0 Å². The normalized spacial score (nSPS) is 11.2. The van der Waals surface area contributed by atoms with Crippen LogP contribution in [0.2, 0.25) is 0 Å². The molecule has 0 amide bonds. The average Bonchev–Trinajstić information content (AvgIpc) is 2.97. The summed E-state index contributed by atoms with van der Waals surface area (Å²) in [5, 5.41) is 11.2. The van der Waals surface area contributed by atoms with E-state index in [1.807, 2.05) is 0 Å². The number of anilines is 2. The zero-order valence-electron chi connectivity index (χ0n) is 20.4. The SMILES string of the molecule is c1cc(-c2ccc(Nc3ccc4c(ccc5ccccc54)c3)cc2)cc(-c2ccc3ccccc3c2)c1. The predicted molar refractivity (Wildman–Crippen MR) is 160 cm³/mol. The molecule has 0 radical (unpaired) electrons. The van der Waals surface area contributed by atoms with Gasteiger partial charge in [-0.15, -0.1) is 0 Å². The zero-order chi connectivity index (χ0) is 24.6. The minimum absolute atomic E-state index is 1.08. The Morgan fingerprint density at radius 2 is 0.892 bits per heavy atom. The van der Waals surface area contributed by atoms with Crippen molar-refractivity contribution in [3.8, 4) is 22.3 Å². The van der Waals surface area contributed by atoms with Gasteiger partial charge >= 0.3 is 0 Å². The van der Waals surface area contributed by atoms with Crippen LogP contribution in [0, 0.1) is 0 Å². The lowest BCUT2D eigenvalue weighted by Crippen LogP contribution is -1.90. The van der Waals surface area contributed by atoms with E-state index in [2.05, 4.69) is 151 Å². The standard InChI is InChI=1S/C36H25N/c1-2-8-28-23-31(14-12-25(28)6-1)30-10-5-9-29(22-30)26-16-18-33(19-17-26)37-34-20-21-36-32(24-34)15-13-27-7-3-4-11-35(27)36/h1-24,37H. The van der Waals surface area contributed by atoms with Crippen molar-refractivity contribution in [2.24, 2.45) is 0 Å². The first-order valence-electron chi connectivity index (χ1n) is 12.7. The van der Waals surface area contributed by atoms with Crippen LogP contribution in [0.25, 0.3) is 54.6 Å². The van der Waals surface area contributed by atoms with E-state index < -0.39 is 0 Å². The maximum absolute atomic E-state index is 3.58. The van der Waals surface area contributed by atoms with Crippen LogP contribution in [0.3, 0.4) is 0 Å². The Morgan fingerprint density at radius 1 is 0.297 bits per heavy atom. The van der Waals surface area contributed by atoms with Crippen LogP contribution < -0.4 is 5.32 Å². The summed E-state index contributed by atoms with van der Waals surface area (Å²) in [5.41, 5.74) is 7.06. The predicted octanol–water partition coefficient (Wildman–Crippen LogP) is 10.2. The van der Waals surface area contributed by atoms with Crippen LogP contribution in [0.5, 0.6) is 0 Å². The fourth-order valence-electron chi connectivity index (χ4n) is 5.25. The van der Waals surface area contributed by atoms with Gasteiger partial charge in [0.1, 0.15) is 0 Å². The van der Waals surface area contributed by atoms with Crippen LogP contribution in [-0.4, -0.2) is 0 Å². The lowest BCUT2D eigenvalue weighted by Gasteiger charge is -2.11. The van der Waals surface area contributed by atoms with Crippen molar-refractivity contribution in [3.63, 3.8) is 0 Å². The molecule has 0 saturated carbocycles. The van der Waals surface area contributed by atoms with Gasteiger partial charge in [-0.1, -0.05) is 109 Å². The van der Waals surface area contributed by atoms with Gasteiger partial charge in [-0.3, -0.25) is 0 Å². The molecule has 0 aromatic heterocycles. The molecule has 1 heteroatoms. The van der Waals surface area contributed by atoms with E-state index in [9.17, 15) is 0 Å². The van der Waals surface area contributed by atoms with Crippen molar-refractivity contribution in [2.45, 2.75) is 0 Å². The summed E-state index contributed by atoms with van der Waals surface area (Å²) in [6.07, 6.45) is 0. The molecular formula is C36H25N. The third-order valence-electron chi connectivity index (χ3n) is 7.20. The van der Waals surface area contributed by atoms with E-state index in [-0.39, 0.29) is 0 Å². The molecule has 174 valence electrons. The van der Waals surface area contributed by atoms with Gasteiger partial charge in [-0.2, -0.15) is 0 Å². The number of rotatable bonds is 4. The Bertz CT molecular complexity index is 1900. The van der Waals surface area contributed by atoms with E-state index in [1.54, 1.807) is 0 Å². The molecule has 0 aliphatic carbocycles. The number of hydrogen-bond donors (Lipinski definition) is 1. The van der Waals surface area contributed by atoms with Crippen LogP contribution in [-0.2, 0) is 0 Å². The lowest BCUT2D eigenvalue weighted by molar-refractivity contribution is 1.55. The summed E-state index contributed by atoms with van der Waals surface area (Å²) >= 11 is 0. The monoisotopic (exact) mass is 471 g/mol. The molecule has 0 saturated heterocycles. The second-order valence-electron chi connectivity index (χ2n) is 9.57. The van der Waals surface area contributed by atoms with Gasteiger partial charge in [-0.05, 0) is 91.0 Å². The summed E-state index contributed by atoms with van der Waals surface area (Å²) in [6, 6.07) is 52.2. The van der Waals surface area contributed by atoms with Crippen LogP contribution in [0.15, 0.2) is 146 Å². The van der Waals surface area contributed by atoms with Crippen molar-refractivity contribution in [1.29, 1.82) is 0 Å². The topological polar surface area (TPSA) is 12.0 Å². The largest absolute Gasteiger partial charge is 0.356 e. The van der Waals surface area contributed by atoms with Gasteiger partial charge in [0, 0.05) is 11.4 Å². The van der Waals surface area contributed by atoms with Crippen LogP contribution in [0.4, 0.5) is 11.4 Å². The Kier molecular flexibility index (Phi) is 5.19. The Morgan fingerprint density at radius 3 is 1.76 bits per heavy atom. The molecule has 1 N–H and O–H groups in total. The van der Waals surface area contributed by atoms with Gasteiger partial charge in [0.15, 0.2) is 0 Å². The molecule has 0 unspecified atom stereocenters. The van der Waals surface area contributed by atoms with E-state index in [0.29, 0.717) is 0 Å². The molecule has 0 aliphatic rings. The molecule has 37 heavy (non-hydrogen) atoms. The molecule has 0 heterocycles. The van der Waals surface area contributed by atoms with Gasteiger partial charge in [0.25, 0.3) is 0 Å². The van der Waals surface area contributed by atoms with Crippen molar-refractivity contribution in [1.82, 2.24) is 0 Å².